The van der Waals surface area contributed by atoms with E-state index in [9.17, 15) is 23.8 Å². The van der Waals surface area contributed by atoms with Gasteiger partial charge in [-0.3, -0.25) is 28.3 Å². The van der Waals surface area contributed by atoms with Crippen molar-refractivity contribution in [3.63, 3.8) is 0 Å². The van der Waals surface area contributed by atoms with Crippen molar-refractivity contribution in [3.8, 4) is 0 Å². The molecule has 3 aromatic rings. The standard InChI is InChI=1S/C45H74FN8O11P/c1-7-8-9-10-11-12-13-14-15-16-17-18-19-20-21-23-52(36(56)25-32-34(27-61-30(2)3)63-43(37(32)46)53-24-22-35(55)51-45(53)57)26-33-39(65-66(58,59)64-31(4)5)40(60-6)44(62-33)54-29-50-38-41(47)48-28-49-42(38)54/h22,24,28-34,37,39-40,43-44H,7-21,23,25-27H2,1-6H3,(H,58,59)(H2,47,48,49)(H,51,55,57)/p-1/t32?,33-,34-,37?,39-,40-,43-,44-/m1/s1. The van der Waals surface area contributed by atoms with Gasteiger partial charge in [-0.05, 0) is 34.1 Å². The zero-order valence-electron chi connectivity index (χ0n) is 39.6. The highest BCUT2D eigenvalue weighted by molar-refractivity contribution is 7.45. The number of halogens is 1. The number of hydrogen-bond acceptors (Lipinski definition) is 15. The molecule has 0 bridgehead atoms. The summed E-state index contributed by atoms with van der Waals surface area (Å²) in [6, 6.07) is 1.09. The summed E-state index contributed by atoms with van der Waals surface area (Å²) in [5.41, 5.74) is 5.16. The Morgan fingerprint density at radius 3 is 2.11 bits per heavy atom. The molecule has 9 atom stereocenters. The Hall–Kier alpha value is -3.62. The number of ether oxygens (including phenoxy) is 4. The second-order valence-corrected chi connectivity index (χ2v) is 19.4. The molecular formula is C45H73FN8O11P-. The van der Waals surface area contributed by atoms with Gasteiger partial charge in [-0.2, -0.15) is 0 Å². The maximum absolute atomic E-state index is 16.7. The zero-order valence-corrected chi connectivity index (χ0v) is 40.5. The summed E-state index contributed by atoms with van der Waals surface area (Å²) in [6.07, 6.45) is 11.1. The van der Waals surface area contributed by atoms with E-state index in [-0.39, 0.29) is 43.6 Å². The number of phosphoric acid groups is 1. The molecule has 1 amide bonds. The SMILES string of the molecule is CCCCCCCCCCCCCCCCCN(C[C@H]1O[C@@H](n2cnc3c(N)ncnc32)[C@H](OC)[C@@H]1OP(=O)([O-])OC(C)C)C(=O)CC1C(F)[C@H](n2ccc(=O)[nH]c2=O)O[C@@H]1COC(C)C. The van der Waals surface area contributed by atoms with Gasteiger partial charge in [0.05, 0.1) is 31.2 Å². The molecule has 0 spiro atoms. The lowest BCUT2D eigenvalue weighted by Crippen LogP contribution is -2.46. The molecular weight excluding hydrogens is 879 g/mol. The number of nitrogens with one attached hydrogen (secondary N) is 1. The molecule has 0 aliphatic carbocycles. The predicted octanol–water partition coefficient (Wildman–Crippen LogP) is 6.52. The molecule has 3 unspecified atom stereocenters. The number of H-pyrrole nitrogens is 1. The number of methoxy groups -OCH3 is 1. The van der Waals surface area contributed by atoms with Crippen LogP contribution in [0.4, 0.5) is 10.2 Å². The summed E-state index contributed by atoms with van der Waals surface area (Å²) < 4.78 is 67.8. The zero-order chi connectivity index (χ0) is 47.8. The Kier molecular flexibility index (Phi) is 21.2. The third-order valence-corrected chi connectivity index (χ3v) is 13.4. The van der Waals surface area contributed by atoms with Gasteiger partial charge in [-0.1, -0.05) is 96.8 Å². The van der Waals surface area contributed by atoms with Crippen LogP contribution in [0.1, 0.15) is 150 Å². The van der Waals surface area contributed by atoms with Crippen LogP contribution in [0.5, 0.6) is 0 Å². The molecule has 0 saturated carbocycles. The Balaban J connectivity index is 1.34. The van der Waals surface area contributed by atoms with E-state index in [2.05, 4.69) is 26.9 Å². The second kappa shape index (κ2) is 26.2. The molecule has 3 aromatic heterocycles. The quantitative estimate of drug-likeness (QED) is 0.0534. The Bertz CT molecular complexity index is 2110. The fraction of sp³-hybridized carbons (Fsp3) is 0.778. The first-order chi connectivity index (χ1) is 31.6. The first-order valence-electron chi connectivity index (χ1n) is 23.9. The molecule has 2 aliphatic heterocycles. The van der Waals surface area contributed by atoms with E-state index >= 15 is 4.39 Å². The highest BCUT2D eigenvalue weighted by Crippen LogP contribution is 2.47. The number of carbonyl (C=O) groups excluding carboxylic acids is 1. The van der Waals surface area contributed by atoms with Crippen LogP contribution in [-0.2, 0) is 37.4 Å². The van der Waals surface area contributed by atoms with Crippen molar-refractivity contribution in [1.82, 2.24) is 34.0 Å². The van der Waals surface area contributed by atoms with E-state index in [1.54, 1.807) is 18.4 Å². The van der Waals surface area contributed by atoms with Crippen LogP contribution >= 0.6 is 7.82 Å². The van der Waals surface area contributed by atoms with Crippen molar-refractivity contribution in [1.29, 1.82) is 0 Å². The maximum atomic E-state index is 16.7. The van der Waals surface area contributed by atoms with Crippen molar-refractivity contribution >= 4 is 30.7 Å². The summed E-state index contributed by atoms with van der Waals surface area (Å²) in [6.45, 7) is 8.96. The molecule has 19 nitrogen and oxygen atoms in total. The van der Waals surface area contributed by atoms with Crippen LogP contribution in [0, 0.1) is 5.92 Å². The summed E-state index contributed by atoms with van der Waals surface area (Å²) in [7, 11) is -3.60. The Morgan fingerprint density at radius 1 is 0.894 bits per heavy atom. The Morgan fingerprint density at radius 2 is 1.52 bits per heavy atom. The van der Waals surface area contributed by atoms with Crippen LogP contribution in [0.15, 0.2) is 34.5 Å². The number of nitrogen functional groups attached to an aromatic ring is 1. The highest BCUT2D eigenvalue weighted by atomic mass is 31.2. The minimum Gasteiger partial charge on any atom is -0.756 e. The number of aromatic amines is 1. The molecule has 2 fully saturated rings. The third kappa shape index (κ3) is 15.2. The first kappa shape index (κ1) is 53.3. The van der Waals surface area contributed by atoms with Crippen LogP contribution in [0.3, 0.4) is 0 Å². The molecule has 372 valence electrons. The molecule has 3 N–H and O–H groups in total. The average Bonchev–Trinajstić information content (AvgIpc) is 3.93. The van der Waals surface area contributed by atoms with E-state index in [0.29, 0.717) is 12.1 Å². The average molecular weight is 952 g/mol. The van der Waals surface area contributed by atoms with Crippen molar-refractivity contribution in [3.05, 3.63) is 45.8 Å². The fourth-order valence-corrected chi connectivity index (χ4v) is 9.92. The number of nitrogens with two attached hydrogens (primary N) is 1. The predicted molar refractivity (Wildman–Crippen MR) is 244 cm³/mol. The van der Waals surface area contributed by atoms with E-state index < -0.39 is 80.0 Å². The molecule has 2 saturated heterocycles. The molecule has 5 heterocycles. The van der Waals surface area contributed by atoms with Crippen molar-refractivity contribution in [2.75, 3.05) is 32.5 Å². The molecule has 0 radical (unpaired) electrons. The first-order valence-corrected chi connectivity index (χ1v) is 25.4. The number of nitrogens with zero attached hydrogens (tertiary/aromatic N) is 6. The van der Waals surface area contributed by atoms with Crippen LogP contribution < -0.4 is 21.9 Å². The fourth-order valence-electron chi connectivity index (χ4n) is 8.80. The van der Waals surface area contributed by atoms with Crippen LogP contribution in [0.25, 0.3) is 11.2 Å². The lowest BCUT2D eigenvalue weighted by molar-refractivity contribution is -0.236. The maximum Gasteiger partial charge on any atom is 0.330 e. The number of alkyl halides is 1. The molecule has 5 rings (SSSR count). The van der Waals surface area contributed by atoms with Gasteiger partial charge >= 0.3 is 5.69 Å². The number of imidazole rings is 1. The highest BCUT2D eigenvalue weighted by Gasteiger charge is 2.51. The monoisotopic (exact) mass is 952 g/mol. The smallest absolute Gasteiger partial charge is 0.330 e. The molecule has 66 heavy (non-hydrogen) atoms. The number of carbonyl (C=O) groups is 1. The van der Waals surface area contributed by atoms with Gasteiger partial charge in [0.1, 0.15) is 30.2 Å². The number of fused-ring (bicyclic) bond motifs is 1. The van der Waals surface area contributed by atoms with E-state index in [1.807, 2.05) is 13.8 Å². The number of rotatable bonds is 30. The van der Waals surface area contributed by atoms with E-state index in [1.165, 1.54) is 88.9 Å². The minimum absolute atomic E-state index is 0.0654. The molecule has 2 aliphatic rings. The van der Waals surface area contributed by atoms with Gasteiger partial charge < -0.3 is 43.5 Å². The number of amides is 1. The van der Waals surface area contributed by atoms with Gasteiger partial charge in [0.25, 0.3) is 13.4 Å². The molecule has 0 aromatic carbocycles. The van der Waals surface area contributed by atoms with Crippen molar-refractivity contribution in [2.24, 2.45) is 5.92 Å². The number of anilines is 1. The third-order valence-electron chi connectivity index (χ3n) is 12.2. The van der Waals surface area contributed by atoms with Crippen LogP contribution in [-0.4, -0.2) is 109 Å². The summed E-state index contributed by atoms with van der Waals surface area (Å²) in [4.78, 5) is 69.0. The number of unbranched alkanes of at least 4 members (excludes halogenated alkanes) is 14. The van der Waals surface area contributed by atoms with Crippen LogP contribution in [0.2, 0.25) is 0 Å². The van der Waals surface area contributed by atoms with Crippen molar-refractivity contribution < 1.29 is 46.6 Å². The second-order valence-electron chi connectivity index (χ2n) is 18.1. The van der Waals surface area contributed by atoms with Gasteiger partial charge in [0.2, 0.25) is 5.91 Å². The van der Waals surface area contributed by atoms with Gasteiger partial charge in [-0.25, -0.2) is 24.1 Å². The lowest BCUT2D eigenvalue weighted by atomic mass is 9.94. The van der Waals surface area contributed by atoms with Gasteiger partial charge in [0, 0.05) is 44.8 Å². The van der Waals surface area contributed by atoms with E-state index in [0.717, 1.165) is 42.5 Å². The summed E-state index contributed by atoms with van der Waals surface area (Å²) in [5, 5.41) is 0. The topological polar surface area (TPSA) is 240 Å². The Labute approximate surface area is 387 Å². The lowest BCUT2D eigenvalue weighted by Gasteiger charge is -2.34. The van der Waals surface area contributed by atoms with E-state index in [4.69, 9.17) is 33.7 Å². The minimum atomic E-state index is -4.98. The number of hydrogen-bond donors (Lipinski definition) is 2. The largest absolute Gasteiger partial charge is 0.756 e. The van der Waals surface area contributed by atoms with Gasteiger partial charge in [-0.15, -0.1) is 0 Å². The summed E-state index contributed by atoms with van der Waals surface area (Å²) >= 11 is 0. The normalized spacial score (nSPS) is 24.2. The summed E-state index contributed by atoms with van der Waals surface area (Å²) in [5.74, 6) is -1.40. The molecule has 21 heteroatoms. The van der Waals surface area contributed by atoms with Crippen molar-refractivity contribution in [2.45, 2.75) is 193 Å². The number of aromatic nitrogens is 6. The van der Waals surface area contributed by atoms with Gasteiger partial charge in [0.15, 0.2) is 30.1 Å². The number of phosphoric ester groups is 1.